The third-order valence-corrected chi connectivity index (χ3v) is 4.52. The molecular weight excluding hydrogens is 274 g/mol. The summed E-state index contributed by atoms with van der Waals surface area (Å²) in [7, 11) is 0. The second kappa shape index (κ2) is 5.88. The predicted molar refractivity (Wildman–Crippen MR) is 79.2 cm³/mol. The van der Waals surface area contributed by atoms with Crippen molar-refractivity contribution in [3.63, 3.8) is 0 Å². The van der Waals surface area contributed by atoms with Crippen LogP contribution in [0.3, 0.4) is 0 Å². The van der Waals surface area contributed by atoms with Crippen LogP contribution in [0.4, 0.5) is 4.79 Å². The number of benzene rings is 1. The van der Waals surface area contributed by atoms with E-state index in [4.69, 9.17) is 16.3 Å². The number of alkyl carbamates (subject to hydrolysis) is 1. The minimum absolute atomic E-state index is 0.212. The third kappa shape index (κ3) is 2.68. The van der Waals surface area contributed by atoms with Crippen molar-refractivity contribution >= 4 is 22.7 Å². The summed E-state index contributed by atoms with van der Waals surface area (Å²) in [5, 5.41) is 3.38. The summed E-state index contributed by atoms with van der Waals surface area (Å²) in [5.74, 6) is 0.384. The fraction of sp³-hybridized carbons (Fsp3) is 0.438. The number of carbonyl (C=O) groups is 1. The predicted octanol–water partition coefficient (Wildman–Crippen LogP) is 4.28. The van der Waals surface area contributed by atoms with E-state index in [2.05, 4.69) is 5.32 Å². The Morgan fingerprint density at radius 1 is 1.15 bits per heavy atom. The van der Waals surface area contributed by atoms with Gasteiger partial charge in [-0.1, -0.05) is 61.2 Å². The molecule has 2 aliphatic rings. The lowest BCUT2D eigenvalue weighted by Crippen LogP contribution is -2.25. The van der Waals surface area contributed by atoms with Gasteiger partial charge in [0.25, 0.3) is 0 Å². The molecule has 0 unspecified atom stereocenters. The number of carbonyl (C=O) groups excluding carboxylic acids is 1. The Hall–Kier alpha value is -1.48. The summed E-state index contributed by atoms with van der Waals surface area (Å²) in [6.45, 7) is 0. The van der Waals surface area contributed by atoms with Gasteiger partial charge in [-0.15, -0.1) is 0 Å². The van der Waals surface area contributed by atoms with Crippen molar-refractivity contribution in [3.05, 3.63) is 41.6 Å². The molecule has 0 bridgehead atoms. The van der Waals surface area contributed by atoms with Gasteiger partial charge in [0.2, 0.25) is 0 Å². The van der Waals surface area contributed by atoms with Crippen molar-refractivity contribution in [2.75, 3.05) is 0 Å². The Labute approximate surface area is 124 Å². The van der Waals surface area contributed by atoms with Gasteiger partial charge in [0.1, 0.15) is 6.10 Å². The van der Waals surface area contributed by atoms with Gasteiger partial charge in [0.15, 0.2) is 0 Å². The number of hydrogen-bond donors (Lipinski definition) is 1. The average molecular weight is 292 g/mol. The van der Waals surface area contributed by atoms with E-state index in [0.29, 0.717) is 11.0 Å². The SMILES string of the molecule is O=C1N/C(=C(\Cl)c2ccccc2)[C@H](C2CCCCC2)O1. The molecule has 1 aliphatic carbocycles. The van der Waals surface area contributed by atoms with Crippen LogP contribution in [0, 0.1) is 5.92 Å². The van der Waals surface area contributed by atoms with E-state index in [0.717, 1.165) is 24.1 Å². The molecule has 106 valence electrons. The zero-order valence-corrected chi connectivity index (χ0v) is 12.0. The maximum absolute atomic E-state index is 11.6. The molecule has 1 aliphatic heterocycles. The first-order valence-corrected chi connectivity index (χ1v) is 7.56. The molecule has 3 rings (SSSR count). The molecule has 1 atom stereocenters. The minimum Gasteiger partial charge on any atom is -0.439 e. The number of halogens is 1. The first-order valence-electron chi connectivity index (χ1n) is 7.18. The summed E-state index contributed by atoms with van der Waals surface area (Å²) in [5.41, 5.74) is 1.64. The summed E-state index contributed by atoms with van der Waals surface area (Å²) in [6, 6.07) is 9.70. The van der Waals surface area contributed by atoms with Crippen LogP contribution in [0.5, 0.6) is 0 Å². The van der Waals surface area contributed by atoms with Crippen LogP contribution in [-0.2, 0) is 4.74 Å². The Balaban J connectivity index is 1.91. The molecule has 1 heterocycles. The lowest BCUT2D eigenvalue weighted by Gasteiger charge is -2.26. The Bertz CT molecular complexity index is 521. The fourth-order valence-electron chi connectivity index (χ4n) is 3.07. The molecule has 1 aromatic rings. The molecule has 1 saturated heterocycles. The first kappa shape index (κ1) is 13.5. The van der Waals surface area contributed by atoms with Crippen LogP contribution < -0.4 is 5.32 Å². The van der Waals surface area contributed by atoms with Gasteiger partial charge in [-0.3, -0.25) is 5.32 Å². The van der Waals surface area contributed by atoms with Gasteiger partial charge in [0, 0.05) is 5.92 Å². The smallest absolute Gasteiger partial charge is 0.412 e. The molecule has 2 fully saturated rings. The van der Waals surface area contributed by atoms with E-state index in [1.165, 1.54) is 19.3 Å². The standard InChI is InChI=1S/C16H18ClNO2/c17-13(11-7-3-1-4-8-11)14-15(20-16(19)18-14)12-9-5-2-6-10-12/h1,3-4,7-8,12,15H,2,5-6,9-10H2,(H,18,19)/b14-13-/t15-/m0/s1. The lowest BCUT2D eigenvalue weighted by molar-refractivity contribution is 0.0982. The highest BCUT2D eigenvalue weighted by molar-refractivity contribution is 6.49. The van der Waals surface area contributed by atoms with Crippen molar-refractivity contribution in [3.8, 4) is 0 Å². The van der Waals surface area contributed by atoms with Crippen LogP contribution in [0.2, 0.25) is 0 Å². The molecule has 1 aromatic carbocycles. The molecular formula is C16H18ClNO2. The molecule has 0 spiro atoms. The van der Waals surface area contributed by atoms with Crippen molar-refractivity contribution in [2.45, 2.75) is 38.2 Å². The van der Waals surface area contributed by atoms with Crippen molar-refractivity contribution < 1.29 is 9.53 Å². The maximum Gasteiger partial charge on any atom is 0.412 e. The van der Waals surface area contributed by atoms with E-state index >= 15 is 0 Å². The molecule has 1 saturated carbocycles. The monoisotopic (exact) mass is 291 g/mol. The van der Waals surface area contributed by atoms with E-state index in [9.17, 15) is 4.79 Å². The van der Waals surface area contributed by atoms with Gasteiger partial charge in [-0.25, -0.2) is 4.79 Å². The van der Waals surface area contributed by atoms with Gasteiger partial charge in [0.05, 0.1) is 10.7 Å². The van der Waals surface area contributed by atoms with E-state index in [1.54, 1.807) is 0 Å². The highest BCUT2D eigenvalue weighted by Gasteiger charge is 2.37. The molecule has 0 aromatic heterocycles. The number of hydrogen-bond acceptors (Lipinski definition) is 2. The molecule has 20 heavy (non-hydrogen) atoms. The zero-order chi connectivity index (χ0) is 13.9. The maximum atomic E-state index is 11.6. The average Bonchev–Trinajstić information content (AvgIpc) is 2.90. The van der Waals surface area contributed by atoms with Gasteiger partial charge in [-0.2, -0.15) is 0 Å². The van der Waals surface area contributed by atoms with Gasteiger partial charge in [-0.05, 0) is 18.4 Å². The topological polar surface area (TPSA) is 38.3 Å². The number of cyclic esters (lactones) is 1. The van der Waals surface area contributed by atoms with Crippen LogP contribution in [0.1, 0.15) is 37.7 Å². The summed E-state index contributed by atoms with van der Waals surface area (Å²) in [4.78, 5) is 11.6. The van der Waals surface area contributed by atoms with Gasteiger partial charge >= 0.3 is 6.09 Å². The largest absolute Gasteiger partial charge is 0.439 e. The number of ether oxygens (including phenoxy) is 1. The molecule has 1 amide bonds. The third-order valence-electron chi connectivity index (χ3n) is 4.10. The minimum atomic E-state index is -0.385. The fourth-order valence-corrected chi connectivity index (χ4v) is 3.35. The molecule has 0 radical (unpaired) electrons. The van der Waals surface area contributed by atoms with E-state index in [1.807, 2.05) is 30.3 Å². The summed E-state index contributed by atoms with van der Waals surface area (Å²) in [6.07, 6.45) is 5.28. The Morgan fingerprint density at radius 2 is 1.85 bits per heavy atom. The Kier molecular flexibility index (Phi) is 3.97. The van der Waals surface area contributed by atoms with E-state index < -0.39 is 0 Å². The summed E-state index contributed by atoms with van der Waals surface area (Å²) < 4.78 is 5.46. The van der Waals surface area contributed by atoms with Crippen molar-refractivity contribution in [1.29, 1.82) is 0 Å². The molecule has 3 nitrogen and oxygen atoms in total. The normalized spacial score (nSPS) is 26.1. The zero-order valence-electron chi connectivity index (χ0n) is 11.3. The number of nitrogens with one attached hydrogen (secondary N) is 1. The number of rotatable bonds is 2. The van der Waals surface area contributed by atoms with Crippen LogP contribution in [0.25, 0.3) is 5.03 Å². The summed E-state index contributed by atoms with van der Waals surface area (Å²) >= 11 is 6.48. The van der Waals surface area contributed by atoms with Gasteiger partial charge < -0.3 is 4.74 Å². The quantitative estimate of drug-likeness (QED) is 0.883. The highest BCUT2D eigenvalue weighted by atomic mass is 35.5. The Morgan fingerprint density at radius 3 is 2.55 bits per heavy atom. The lowest BCUT2D eigenvalue weighted by atomic mass is 9.84. The van der Waals surface area contributed by atoms with Crippen LogP contribution in [0.15, 0.2) is 36.0 Å². The highest BCUT2D eigenvalue weighted by Crippen LogP contribution is 2.36. The molecule has 1 N–H and O–H groups in total. The number of amides is 1. The molecule has 4 heteroatoms. The second-order valence-corrected chi connectivity index (χ2v) is 5.82. The van der Waals surface area contributed by atoms with Crippen LogP contribution >= 0.6 is 11.6 Å². The van der Waals surface area contributed by atoms with Crippen molar-refractivity contribution in [1.82, 2.24) is 5.32 Å². The first-order chi connectivity index (χ1) is 9.75. The van der Waals surface area contributed by atoms with Crippen molar-refractivity contribution in [2.24, 2.45) is 5.92 Å². The van der Waals surface area contributed by atoms with Crippen LogP contribution in [-0.4, -0.2) is 12.2 Å². The van der Waals surface area contributed by atoms with E-state index in [-0.39, 0.29) is 12.2 Å². The second-order valence-electron chi connectivity index (χ2n) is 5.44.